The average Bonchev–Trinajstić information content (AvgIpc) is 2.87. The van der Waals surface area contributed by atoms with E-state index in [1.807, 2.05) is 4.31 Å². The first kappa shape index (κ1) is 12.9. The van der Waals surface area contributed by atoms with Crippen LogP contribution in [0.3, 0.4) is 0 Å². The molecule has 1 saturated carbocycles. The Morgan fingerprint density at radius 2 is 1.83 bits per heavy atom. The topological polar surface area (TPSA) is 49.4 Å². The standard InChI is InChI=1S/C13H24N2O2S/c16-18(17,12-6-2-8-14-10-12)15-9-3-5-11-4-1-7-13(11)15/h11-14H,1-10H2. The van der Waals surface area contributed by atoms with Crippen LogP contribution < -0.4 is 5.32 Å². The van der Waals surface area contributed by atoms with E-state index in [-0.39, 0.29) is 5.25 Å². The summed E-state index contributed by atoms with van der Waals surface area (Å²) in [6, 6.07) is 0.325. The Hall–Kier alpha value is -0.130. The number of hydrogen-bond donors (Lipinski definition) is 1. The molecule has 3 aliphatic rings. The van der Waals surface area contributed by atoms with E-state index in [9.17, 15) is 8.42 Å². The number of hydrogen-bond acceptors (Lipinski definition) is 3. The predicted molar refractivity (Wildman–Crippen MR) is 71.9 cm³/mol. The van der Waals surface area contributed by atoms with Gasteiger partial charge in [-0.2, -0.15) is 4.31 Å². The van der Waals surface area contributed by atoms with Crippen LogP contribution in [0.15, 0.2) is 0 Å². The zero-order valence-electron chi connectivity index (χ0n) is 11.0. The third-order valence-electron chi connectivity index (χ3n) is 4.94. The van der Waals surface area contributed by atoms with Crippen LogP contribution in [0.1, 0.15) is 44.9 Å². The molecule has 2 heterocycles. The molecule has 3 rings (SSSR count). The van der Waals surface area contributed by atoms with Gasteiger partial charge in [0.15, 0.2) is 0 Å². The molecule has 2 aliphatic heterocycles. The summed E-state index contributed by atoms with van der Waals surface area (Å²) in [4.78, 5) is 0. The summed E-state index contributed by atoms with van der Waals surface area (Å²) in [7, 11) is -3.07. The SMILES string of the molecule is O=S(=O)(C1CCCNC1)N1CCCC2CCCC21. The van der Waals surface area contributed by atoms with Crippen LogP contribution in [0.2, 0.25) is 0 Å². The van der Waals surface area contributed by atoms with E-state index in [0.717, 1.165) is 38.8 Å². The van der Waals surface area contributed by atoms with Gasteiger partial charge in [-0.1, -0.05) is 6.42 Å². The molecule has 0 bridgehead atoms. The van der Waals surface area contributed by atoms with E-state index in [0.29, 0.717) is 18.5 Å². The van der Waals surface area contributed by atoms with Gasteiger partial charge in [-0.3, -0.25) is 0 Å². The van der Waals surface area contributed by atoms with Crippen molar-refractivity contribution in [3.05, 3.63) is 0 Å². The highest BCUT2D eigenvalue weighted by Gasteiger charge is 2.43. The Bertz CT molecular complexity index is 390. The molecule has 2 saturated heterocycles. The monoisotopic (exact) mass is 272 g/mol. The minimum Gasteiger partial charge on any atom is -0.315 e. The molecule has 3 unspecified atom stereocenters. The molecule has 4 nitrogen and oxygen atoms in total. The Kier molecular flexibility index (Phi) is 3.65. The van der Waals surface area contributed by atoms with E-state index < -0.39 is 10.0 Å². The van der Waals surface area contributed by atoms with Gasteiger partial charge in [0.1, 0.15) is 0 Å². The first-order valence-electron chi connectivity index (χ1n) is 7.41. The van der Waals surface area contributed by atoms with Crippen LogP contribution in [0, 0.1) is 5.92 Å². The fraction of sp³-hybridized carbons (Fsp3) is 1.00. The number of piperidine rings is 2. The second-order valence-corrected chi connectivity index (χ2v) is 8.19. The van der Waals surface area contributed by atoms with Crippen molar-refractivity contribution in [1.82, 2.24) is 9.62 Å². The van der Waals surface area contributed by atoms with Crippen molar-refractivity contribution in [2.24, 2.45) is 5.92 Å². The molecular formula is C13H24N2O2S. The maximum Gasteiger partial charge on any atom is 0.218 e. The van der Waals surface area contributed by atoms with Crippen LogP contribution in [0.5, 0.6) is 0 Å². The minimum atomic E-state index is -3.07. The van der Waals surface area contributed by atoms with Gasteiger partial charge in [-0.15, -0.1) is 0 Å². The fourth-order valence-electron chi connectivity index (χ4n) is 3.99. The lowest BCUT2D eigenvalue weighted by atomic mass is 9.94. The lowest BCUT2D eigenvalue weighted by Gasteiger charge is -2.39. The van der Waals surface area contributed by atoms with Crippen molar-refractivity contribution in [3.8, 4) is 0 Å². The molecule has 0 aromatic carbocycles. The smallest absolute Gasteiger partial charge is 0.218 e. The fourth-order valence-corrected chi connectivity index (χ4v) is 6.20. The summed E-state index contributed by atoms with van der Waals surface area (Å²) >= 11 is 0. The first-order chi connectivity index (χ1) is 8.69. The Balaban J connectivity index is 1.79. The highest BCUT2D eigenvalue weighted by molar-refractivity contribution is 7.89. The summed E-state index contributed by atoms with van der Waals surface area (Å²) in [6.07, 6.45) is 7.66. The molecule has 3 atom stereocenters. The summed E-state index contributed by atoms with van der Waals surface area (Å²) in [6.45, 7) is 2.38. The third kappa shape index (κ3) is 2.21. The maximum absolute atomic E-state index is 12.8. The van der Waals surface area contributed by atoms with Crippen molar-refractivity contribution >= 4 is 10.0 Å². The summed E-state index contributed by atoms with van der Waals surface area (Å²) in [5.41, 5.74) is 0. The van der Waals surface area contributed by atoms with Crippen LogP contribution in [0.25, 0.3) is 0 Å². The summed E-state index contributed by atoms with van der Waals surface area (Å²) in [5, 5.41) is 3.06. The van der Waals surface area contributed by atoms with Crippen LogP contribution >= 0.6 is 0 Å². The van der Waals surface area contributed by atoms with E-state index in [1.165, 1.54) is 19.3 Å². The van der Waals surface area contributed by atoms with E-state index in [1.54, 1.807) is 0 Å². The third-order valence-corrected chi connectivity index (χ3v) is 7.29. The normalized spacial score (nSPS) is 38.6. The number of nitrogens with one attached hydrogen (secondary N) is 1. The van der Waals surface area contributed by atoms with Gasteiger partial charge in [0.05, 0.1) is 5.25 Å². The molecule has 0 aromatic heterocycles. The Morgan fingerprint density at radius 3 is 2.61 bits per heavy atom. The van der Waals surface area contributed by atoms with Crippen molar-refractivity contribution in [2.45, 2.75) is 56.2 Å². The average molecular weight is 272 g/mol. The largest absolute Gasteiger partial charge is 0.315 e. The molecule has 18 heavy (non-hydrogen) atoms. The molecule has 5 heteroatoms. The van der Waals surface area contributed by atoms with Gasteiger partial charge in [-0.05, 0) is 51.0 Å². The molecule has 0 spiro atoms. The number of rotatable bonds is 2. The van der Waals surface area contributed by atoms with Gasteiger partial charge in [0.25, 0.3) is 0 Å². The van der Waals surface area contributed by atoms with Gasteiger partial charge < -0.3 is 5.32 Å². The molecule has 0 aromatic rings. The molecule has 1 N–H and O–H groups in total. The lowest BCUT2D eigenvalue weighted by molar-refractivity contribution is 0.199. The quantitative estimate of drug-likeness (QED) is 0.825. The van der Waals surface area contributed by atoms with Crippen LogP contribution in [-0.4, -0.2) is 43.6 Å². The van der Waals surface area contributed by atoms with Gasteiger partial charge >= 0.3 is 0 Å². The number of sulfonamides is 1. The minimum absolute atomic E-state index is 0.175. The van der Waals surface area contributed by atoms with Gasteiger partial charge in [0, 0.05) is 19.1 Å². The zero-order chi connectivity index (χ0) is 12.6. The molecule has 0 radical (unpaired) electrons. The molecule has 3 fully saturated rings. The zero-order valence-corrected chi connectivity index (χ0v) is 11.8. The van der Waals surface area contributed by atoms with E-state index in [4.69, 9.17) is 0 Å². The second-order valence-electron chi connectivity index (χ2n) is 6.02. The van der Waals surface area contributed by atoms with E-state index >= 15 is 0 Å². The molecule has 1 aliphatic carbocycles. The van der Waals surface area contributed by atoms with Crippen molar-refractivity contribution in [2.75, 3.05) is 19.6 Å². The van der Waals surface area contributed by atoms with Crippen molar-refractivity contribution in [3.63, 3.8) is 0 Å². The van der Waals surface area contributed by atoms with Crippen LogP contribution in [-0.2, 0) is 10.0 Å². The number of fused-ring (bicyclic) bond motifs is 1. The molecule has 104 valence electrons. The molecule has 0 amide bonds. The maximum atomic E-state index is 12.8. The predicted octanol–water partition coefficient (Wildman–Crippen LogP) is 1.33. The van der Waals surface area contributed by atoms with Gasteiger partial charge in [0.2, 0.25) is 10.0 Å². The van der Waals surface area contributed by atoms with Gasteiger partial charge in [-0.25, -0.2) is 8.42 Å². The van der Waals surface area contributed by atoms with Crippen molar-refractivity contribution < 1.29 is 8.42 Å². The Labute approximate surface area is 110 Å². The summed E-state index contributed by atoms with van der Waals surface area (Å²) < 4.78 is 27.4. The van der Waals surface area contributed by atoms with E-state index in [2.05, 4.69) is 5.32 Å². The highest BCUT2D eigenvalue weighted by atomic mass is 32.2. The van der Waals surface area contributed by atoms with Crippen molar-refractivity contribution in [1.29, 1.82) is 0 Å². The summed E-state index contributed by atoms with van der Waals surface area (Å²) in [5.74, 6) is 0.644. The lowest BCUT2D eigenvalue weighted by Crippen LogP contribution is -2.52. The molecular weight excluding hydrogens is 248 g/mol. The highest BCUT2D eigenvalue weighted by Crippen LogP contribution is 2.39. The second kappa shape index (κ2) is 5.10. The van der Waals surface area contributed by atoms with Crippen LogP contribution in [0.4, 0.5) is 0 Å². The first-order valence-corrected chi connectivity index (χ1v) is 8.91. The Morgan fingerprint density at radius 1 is 1.00 bits per heavy atom. The number of nitrogens with zero attached hydrogens (tertiary/aromatic N) is 1.